The third kappa shape index (κ3) is 4.88. The van der Waals surface area contributed by atoms with E-state index in [9.17, 15) is 22.8 Å². The monoisotopic (exact) mass is 381 g/mol. The molecule has 1 aliphatic heterocycles. The summed E-state index contributed by atoms with van der Waals surface area (Å²) >= 11 is 0. The van der Waals surface area contributed by atoms with Gasteiger partial charge in [0.15, 0.2) is 5.76 Å². The Balaban J connectivity index is 1.51. The Kier molecular flexibility index (Phi) is 5.50. The summed E-state index contributed by atoms with van der Waals surface area (Å²) in [6.45, 7) is 1.91. The minimum absolute atomic E-state index is 0.0882. The number of nitrogens with zero attached hydrogens (tertiary/aromatic N) is 2. The van der Waals surface area contributed by atoms with E-state index in [-0.39, 0.29) is 18.0 Å². The molecule has 0 bridgehead atoms. The molecule has 27 heavy (non-hydrogen) atoms. The number of urea groups is 1. The highest BCUT2D eigenvalue weighted by Crippen LogP contribution is 2.30. The van der Waals surface area contributed by atoms with Gasteiger partial charge < -0.3 is 14.6 Å². The van der Waals surface area contributed by atoms with E-state index in [0.717, 1.165) is 12.1 Å². The number of halogens is 3. The van der Waals surface area contributed by atoms with E-state index in [4.69, 9.17) is 4.42 Å². The molecule has 3 rings (SSSR count). The maximum Gasteiger partial charge on any atom is 0.416 e. The molecule has 1 aromatic carbocycles. The lowest BCUT2D eigenvalue weighted by Gasteiger charge is -2.34. The second-order valence-corrected chi connectivity index (χ2v) is 6.17. The lowest BCUT2D eigenvalue weighted by atomic mass is 10.2. The van der Waals surface area contributed by atoms with Gasteiger partial charge in [0.25, 0.3) is 0 Å². The van der Waals surface area contributed by atoms with Crippen LogP contribution in [0.15, 0.2) is 47.1 Å². The number of amides is 2. The van der Waals surface area contributed by atoms with E-state index >= 15 is 0 Å². The Bertz CT molecular complexity index is 798. The van der Waals surface area contributed by atoms with E-state index in [0.29, 0.717) is 31.9 Å². The predicted molar refractivity (Wildman–Crippen MR) is 91.5 cm³/mol. The van der Waals surface area contributed by atoms with Crippen LogP contribution >= 0.6 is 0 Å². The number of hydrogen-bond acceptors (Lipinski definition) is 4. The highest BCUT2D eigenvalue weighted by atomic mass is 19.4. The Hall–Kier alpha value is -2.81. The highest BCUT2D eigenvalue weighted by Gasteiger charge is 2.31. The first-order valence-electron chi connectivity index (χ1n) is 8.35. The molecule has 0 unspecified atom stereocenters. The smallest absolute Gasteiger partial charge is 0.416 e. The molecule has 1 saturated heterocycles. The summed E-state index contributed by atoms with van der Waals surface area (Å²) in [6.07, 6.45) is -3.03. The number of Topliss-reactive ketones (excluding diaryl/α,β-unsaturated/α-hetero) is 1. The van der Waals surface area contributed by atoms with Gasteiger partial charge in [-0.1, -0.05) is 6.07 Å². The van der Waals surface area contributed by atoms with Crippen LogP contribution in [0.1, 0.15) is 16.1 Å². The van der Waals surface area contributed by atoms with Crippen LogP contribution in [0.3, 0.4) is 0 Å². The molecule has 0 atom stereocenters. The molecule has 0 aliphatic carbocycles. The molecule has 0 radical (unpaired) electrons. The largest absolute Gasteiger partial charge is 0.461 e. The first-order valence-corrected chi connectivity index (χ1v) is 8.35. The second kappa shape index (κ2) is 7.83. The van der Waals surface area contributed by atoms with Crippen molar-refractivity contribution in [1.29, 1.82) is 0 Å². The number of furan rings is 1. The average molecular weight is 381 g/mol. The number of nitrogens with one attached hydrogen (secondary N) is 1. The first-order chi connectivity index (χ1) is 12.8. The van der Waals surface area contributed by atoms with Crippen molar-refractivity contribution >= 4 is 17.5 Å². The van der Waals surface area contributed by atoms with E-state index in [1.165, 1.54) is 23.3 Å². The molecule has 9 heteroatoms. The highest BCUT2D eigenvalue weighted by molar-refractivity contribution is 5.95. The summed E-state index contributed by atoms with van der Waals surface area (Å²) in [5.74, 6) is 0.154. The maximum atomic E-state index is 12.7. The van der Waals surface area contributed by atoms with Crippen molar-refractivity contribution in [2.24, 2.45) is 0 Å². The van der Waals surface area contributed by atoms with Crippen molar-refractivity contribution in [3.8, 4) is 0 Å². The molecule has 2 heterocycles. The lowest BCUT2D eigenvalue weighted by Crippen LogP contribution is -2.51. The summed E-state index contributed by atoms with van der Waals surface area (Å²) in [7, 11) is 0. The van der Waals surface area contributed by atoms with Crippen molar-refractivity contribution in [2.75, 3.05) is 38.0 Å². The van der Waals surface area contributed by atoms with Crippen LogP contribution in [0.25, 0.3) is 0 Å². The van der Waals surface area contributed by atoms with Crippen LogP contribution in [0.4, 0.5) is 23.7 Å². The topological polar surface area (TPSA) is 65.8 Å². The normalized spacial score (nSPS) is 15.6. The fraction of sp³-hybridized carbons (Fsp3) is 0.333. The molecule has 144 valence electrons. The standard InChI is InChI=1S/C18H18F3N3O3/c19-18(20,21)13-3-1-4-14(11-13)22-17(26)24-8-6-23(7-9-24)12-15(25)16-5-2-10-27-16/h1-5,10-11H,6-9,12H2,(H,22,26). The van der Waals surface area contributed by atoms with Crippen LogP contribution in [-0.2, 0) is 6.18 Å². The Labute approximate surface area is 153 Å². The molecule has 1 aliphatic rings. The van der Waals surface area contributed by atoms with Gasteiger partial charge in [0.1, 0.15) is 0 Å². The van der Waals surface area contributed by atoms with Crippen molar-refractivity contribution in [2.45, 2.75) is 6.18 Å². The predicted octanol–water partition coefficient (Wildman–Crippen LogP) is 3.33. The van der Waals surface area contributed by atoms with Gasteiger partial charge in [0, 0.05) is 31.9 Å². The summed E-state index contributed by atoms with van der Waals surface area (Å²) in [5, 5.41) is 2.49. The SMILES string of the molecule is O=C(CN1CCN(C(=O)Nc2cccc(C(F)(F)F)c2)CC1)c1ccco1. The average Bonchev–Trinajstić information content (AvgIpc) is 3.16. The van der Waals surface area contributed by atoms with Gasteiger partial charge in [-0.05, 0) is 30.3 Å². The maximum absolute atomic E-state index is 12.7. The van der Waals surface area contributed by atoms with Gasteiger partial charge >= 0.3 is 12.2 Å². The van der Waals surface area contributed by atoms with Crippen molar-refractivity contribution in [3.05, 3.63) is 54.0 Å². The summed E-state index contributed by atoms with van der Waals surface area (Å²) in [5.41, 5.74) is -0.730. The van der Waals surface area contributed by atoms with Gasteiger partial charge in [-0.15, -0.1) is 0 Å². The zero-order chi connectivity index (χ0) is 19.4. The third-order valence-electron chi connectivity index (χ3n) is 4.26. The fourth-order valence-electron chi connectivity index (χ4n) is 2.80. The quantitative estimate of drug-likeness (QED) is 0.825. The number of anilines is 1. The number of alkyl halides is 3. The van der Waals surface area contributed by atoms with E-state index in [2.05, 4.69) is 5.32 Å². The number of benzene rings is 1. The molecule has 1 aromatic heterocycles. The van der Waals surface area contributed by atoms with Gasteiger partial charge in [-0.3, -0.25) is 9.69 Å². The zero-order valence-electron chi connectivity index (χ0n) is 14.3. The lowest BCUT2D eigenvalue weighted by molar-refractivity contribution is -0.137. The molecular formula is C18H18F3N3O3. The van der Waals surface area contributed by atoms with Crippen molar-refractivity contribution < 1.29 is 27.2 Å². The van der Waals surface area contributed by atoms with Crippen LogP contribution in [0.2, 0.25) is 0 Å². The van der Waals surface area contributed by atoms with Gasteiger partial charge in [0.2, 0.25) is 5.78 Å². The Morgan fingerprint density at radius 2 is 1.81 bits per heavy atom. The molecule has 0 saturated carbocycles. The minimum atomic E-state index is -4.47. The van der Waals surface area contributed by atoms with Crippen LogP contribution in [0.5, 0.6) is 0 Å². The molecule has 1 fully saturated rings. The number of carbonyl (C=O) groups is 2. The summed E-state index contributed by atoms with van der Waals surface area (Å²) < 4.78 is 43.3. The van der Waals surface area contributed by atoms with Gasteiger partial charge in [-0.25, -0.2) is 4.79 Å². The van der Waals surface area contributed by atoms with Crippen molar-refractivity contribution in [3.63, 3.8) is 0 Å². The Morgan fingerprint density at radius 3 is 2.44 bits per heavy atom. The molecular weight excluding hydrogens is 363 g/mol. The van der Waals surface area contributed by atoms with Crippen LogP contribution in [-0.4, -0.2) is 54.3 Å². The number of carbonyl (C=O) groups excluding carboxylic acids is 2. The van der Waals surface area contributed by atoms with E-state index in [1.54, 1.807) is 12.1 Å². The molecule has 0 spiro atoms. The molecule has 6 nitrogen and oxygen atoms in total. The van der Waals surface area contributed by atoms with Gasteiger partial charge in [0.05, 0.1) is 18.4 Å². The zero-order valence-corrected chi connectivity index (χ0v) is 14.3. The van der Waals surface area contributed by atoms with E-state index < -0.39 is 17.8 Å². The molecule has 2 amide bonds. The first kappa shape index (κ1) is 19.0. The Morgan fingerprint density at radius 1 is 1.07 bits per heavy atom. The second-order valence-electron chi connectivity index (χ2n) is 6.17. The minimum Gasteiger partial charge on any atom is -0.461 e. The summed E-state index contributed by atoms with van der Waals surface area (Å²) in [4.78, 5) is 27.7. The fourth-order valence-corrected chi connectivity index (χ4v) is 2.80. The van der Waals surface area contributed by atoms with Crippen molar-refractivity contribution in [1.82, 2.24) is 9.80 Å². The third-order valence-corrected chi connectivity index (χ3v) is 4.26. The van der Waals surface area contributed by atoms with Crippen LogP contribution in [0, 0.1) is 0 Å². The van der Waals surface area contributed by atoms with Crippen LogP contribution < -0.4 is 5.32 Å². The van der Waals surface area contributed by atoms with Gasteiger partial charge in [-0.2, -0.15) is 13.2 Å². The van der Waals surface area contributed by atoms with E-state index in [1.807, 2.05) is 4.90 Å². The number of piperazine rings is 1. The number of ketones is 1. The summed E-state index contributed by atoms with van der Waals surface area (Å²) in [6, 6.07) is 7.28. The number of rotatable bonds is 4. The molecule has 1 N–H and O–H groups in total. The number of hydrogen-bond donors (Lipinski definition) is 1. The molecule has 2 aromatic rings.